The minimum absolute atomic E-state index is 0.156. The topological polar surface area (TPSA) is 62.7 Å². The van der Waals surface area contributed by atoms with Crippen LogP contribution in [0, 0.1) is 0 Å². The highest BCUT2D eigenvalue weighted by Gasteiger charge is 2.00. The van der Waals surface area contributed by atoms with Crippen molar-refractivity contribution >= 4 is 17.3 Å². The molecule has 0 spiro atoms. The zero-order valence-electron chi connectivity index (χ0n) is 12.4. The standard InChI is InChI=1S/C15H23N3O2/c1-4-5-6-12(2)17-18-15(19)11-16-13-7-9-14(20-3)10-8-13/h7-10,16H,4-6,11H2,1-3H3,(H,18,19)/b17-12+. The van der Waals surface area contributed by atoms with E-state index in [0.717, 1.165) is 36.4 Å². The van der Waals surface area contributed by atoms with Crippen LogP contribution in [0.15, 0.2) is 29.4 Å². The molecule has 110 valence electrons. The van der Waals surface area contributed by atoms with E-state index in [1.165, 1.54) is 0 Å². The molecule has 1 aromatic rings. The Morgan fingerprint density at radius 2 is 2.00 bits per heavy atom. The maximum absolute atomic E-state index is 11.6. The fourth-order valence-electron chi connectivity index (χ4n) is 1.58. The first-order valence-electron chi connectivity index (χ1n) is 6.85. The highest BCUT2D eigenvalue weighted by Crippen LogP contribution is 2.14. The monoisotopic (exact) mass is 277 g/mol. The summed E-state index contributed by atoms with van der Waals surface area (Å²) < 4.78 is 5.07. The lowest BCUT2D eigenvalue weighted by molar-refractivity contribution is -0.119. The van der Waals surface area contributed by atoms with Gasteiger partial charge in [0.25, 0.3) is 5.91 Å². The third-order valence-electron chi connectivity index (χ3n) is 2.81. The van der Waals surface area contributed by atoms with E-state index >= 15 is 0 Å². The molecule has 0 aliphatic rings. The van der Waals surface area contributed by atoms with Crippen molar-refractivity contribution in [2.75, 3.05) is 19.0 Å². The van der Waals surface area contributed by atoms with Crippen LogP contribution in [-0.2, 0) is 4.79 Å². The number of hydrogen-bond donors (Lipinski definition) is 2. The van der Waals surface area contributed by atoms with E-state index in [4.69, 9.17) is 4.74 Å². The third kappa shape index (κ3) is 6.22. The number of benzene rings is 1. The molecule has 0 aliphatic heterocycles. The molecule has 0 fully saturated rings. The van der Waals surface area contributed by atoms with Crippen LogP contribution in [-0.4, -0.2) is 25.3 Å². The van der Waals surface area contributed by atoms with Crippen molar-refractivity contribution < 1.29 is 9.53 Å². The molecular weight excluding hydrogens is 254 g/mol. The summed E-state index contributed by atoms with van der Waals surface area (Å²) in [4.78, 5) is 11.6. The summed E-state index contributed by atoms with van der Waals surface area (Å²) in [6.07, 6.45) is 3.14. The Morgan fingerprint density at radius 3 is 2.60 bits per heavy atom. The third-order valence-corrected chi connectivity index (χ3v) is 2.81. The molecule has 1 amide bonds. The van der Waals surface area contributed by atoms with E-state index in [1.54, 1.807) is 7.11 Å². The van der Waals surface area contributed by atoms with Crippen LogP contribution in [0.5, 0.6) is 5.75 Å². The van der Waals surface area contributed by atoms with E-state index in [2.05, 4.69) is 22.8 Å². The van der Waals surface area contributed by atoms with Crippen molar-refractivity contribution in [1.29, 1.82) is 0 Å². The molecule has 0 unspecified atom stereocenters. The minimum Gasteiger partial charge on any atom is -0.497 e. The minimum atomic E-state index is -0.156. The SMILES string of the molecule is CCCC/C(C)=N/NC(=O)CNc1ccc(OC)cc1. The van der Waals surface area contributed by atoms with Crippen molar-refractivity contribution in [1.82, 2.24) is 5.43 Å². The molecule has 2 N–H and O–H groups in total. The Bertz CT molecular complexity index is 441. The van der Waals surface area contributed by atoms with Crippen LogP contribution in [0.3, 0.4) is 0 Å². The second kappa shape index (κ2) is 8.96. The summed E-state index contributed by atoms with van der Waals surface area (Å²) in [6.45, 7) is 4.24. The Kier molecular flexibility index (Phi) is 7.17. The fourth-order valence-corrected chi connectivity index (χ4v) is 1.58. The van der Waals surface area contributed by atoms with E-state index in [9.17, 15) is 4.79 Å². The molecule has 0 atom stereocenters. The predicted molar refractivity (Wildman–Crippen MR) is 82.3 cm³/mol. The number of unbranched alkanes of at least 4 members (excludes halogenated alkanes) is 1. The number of hydrogen-bond acceptors (Lipinski definition) is 4. The number of rotatable bonds is 8. The molecule has 0 radical (unpaired) electrons. The first kappa shape index (κ1) is 16.0. The molecule has 0 saturated heterocycles. The van der Waals surface area contributed by atoms with Gasteiger partial charge in [0, 0.05) is 11.4 Å². The summed E-state index contributed by atoms with van der Waals surface area (Å²) in [6, 6.07) is 7.41. The molecular formula is C15H23N3O2. The van der Waals surface area contributed by atoms with E-state index < -0.39 is 0 Å². The number of nitrogens with one attached hydrogen (secondary N) is 2. The molecule has 5 nitrogen and oxygen atoms in total. The van der Waals surface area contributed by atoms with Gasteiger partial charge in [-0.25, -0.2) is 5.43 Å². The smallest absolute Gasteiger partial charge is 0.259 e. The molecule has 1 aromatic carbocycles. The number of methoxy groups -OCH3 is 1. The predicted octanol–water partition coefficient (Wildman–Crippen LogP) is 2.79. The average molecular weight is 277 g/mol. The van der Waals surface area contributed by atoms with Gasteiger partial charge in [-0.1, -0.05) is 13.3 Å². The van der Waals surface area contributed by atoms with Gasteiger partial charge in [-0.2, -0.15) is 5.10 Å². The number of carbonyl (C=O) groups is 1. The van der Waals surface area contributed by atoms with E-state index in [1.807, 2.05) is 31.2 Å². The fraction of sp³-hybridized carbons (Fsp3) is 0.467. The van der Waals surface area contributed by atoms with Crippen LogP contribution < -0.4 is 15.5 Å². The van der Waals surface area contributed by atoms with Gasteiger partial charge in [-0.05, 0) is 44.0 Å². The summed E-state index contributed by atoms with van der Waals surface area (Å²) in [5.41, 5.74) is 4.36. The molecule has 0 saturated carbocycles. The van der Waals surface area contributed by atoms with Gasteiger partial charge in [0.1, 0.15) is 5.75 Å². The maximum atomic E-state index is 11.6. The van der Waals surface area contributed by atoms with Gasteiger partial charge >= 0.3 is 0 Å². The van der Waals surface area contributed by atoms with Crippen LogP contribution in [0.25, 0.3) is 0 Å². The summed E-state index contributed by atoms with van der Waals surface area (Å²) >= 11 is 0. The van der Waals surface area contributed by atoms with E-state index in [-0.39, 0.29) is 12.5 Å². The first-order chi connectivity index (χ1) is 9.65. The second-order valence-corrected chi connectivity index (χ2v) is 4.57. The van der Waals surface area contributed by atoms with Crippen LogP contribution >= 0.6 is 0 Å². The Balaban J connectivity index is 2.31. The number of carbonyl (C=O) groups excluding carboxylic acids is 1. The zero-order valence-corrected chi connectivity index (χ0v) is 12.4. The van der Waals surface area contributed by atoms with Crippen LogP contribution in [0.1, 0.15) is 33.1 Å². The molecule has 0 heterocycles. The second-order valence-electron chi connectivity index (χ2n) is 4.57. The Labute approximate surface area is 120 Å². The van der Waals surface area contributed by atoms with Crippen molar-refractivity contribution in [3.63, 3.8) is 0 Å². The Hall–Kier alpha value is -2.04. The summed E-state index contributed by atoms with van der Waals surface area (Å²) in [5, 5.41) is 7.08. The maximum Gasteiger partial charge on any atom is 0.259 e. The zero-order chi connectivity index (χ0) is 14.8. The normalized spacial score (nSPS) is 11.1. The molecule has 5 heteroatoms. The lowest BCUT2D eigenvalue weighted by atomic mass is 10.2. The Morgan fingerprint density at radius 1 is 1.30 bits per heavy atom. The lowest BCUT2D eigenvalue weighted by Crippen LogP contribution is -2.26. The van der Waals surface area contributed by atoms with Gasteiger partial charge in [0.2, 0.25) is 0 Å². The highest BCUT2D eigenvalue weighted by atomic mass is 16.5. The van der Waals surface area contributed by atoms with Crippen LogP contribution in [0.2, 0.25) is 0 Å². The quantitative estimate of drug-likeness (QED) is 0.567. The van der Waals surface area contributed by atoms with Gasteiger partial charge in [-0.3, -0.25) is 4.79 Å². The summed E-state index contributed by atoms with van der Waals surface area (Å²) in [7, 11) is 1.62. The van der Waals surface area contributed by atoms with Crippen molar-refractivity contribution in [3.05, 3.63) is 24.3 Å². The molecule has 20 heavy (non-hydrogen) atoms. The van der Waals surface area contributed by atoms with Crippen molar-refractivity contribution in [3.8, 4) is 5.75 Å². The van der Waals surface area contributed by atoms with Crippen molar-refractivity contribution in [2.45, 2.75) is 33.1 Å². The van der Waals surface area contributed by atoms with Crippen molar-refractivity contribution in [2.24, 2.45) is 5.10 Å². The molecule has 0 aromatic heterocycles. The number of nitrogens with zero attached hydrogens (tertiary/aromatic N) is 1. The van der Waals surface area contributed by atoms with Gasteiger partial charge in [0.15, 0.2) is 0 Å². The molecule has 0 bridgehead atoms. The molecule has 0 aliphatic carbocycles. The first-order valence-corrected chi connectivity index (χ1v) is 6.85. The van der Waals surface area contributed by atoms with E-state index in [0.29, 0.717) is 0 Å². The number of hydrazone groups is 1. The molecule has 1 rings (SSSR count). The number of ether oxygens (including phenoxy) is 1. The van der Waals surface area contributed by atoms with Crippen LogP contribution in [0.4, 0.5) is 5.69 Å². The lowest BCUT2D eigenvalue weighted by Gasteiger charge is -2.06. The largest absolute Gasteiger partial charge is 0.497 e. The summed E-state index contributed by atoms with van der Waals surface area (Å²) in [5.74, 6) is 0.632. The van der Waals surface area contributed by atoms with Gasteiger partial charge in [0.05, 0.1) is 13.7 Å². The highest BCUT2D eigenvalue weighted by molar-refractivity contribution is 5.85. The van der Waals surface area contributed by atoms with Gasteiger partial charge in [-0.15, -0.1) is 0 Å². The van der Waals surface area contributed by atoms with Gasteiger partial charge < -0.3 is 10.1 Å². The average Bonchev–Trinajstić information content (AvgIpc) is 2.49. The number of amides is 1. The number of anilines is 1.